The van der Waals surface area contributed by atoms with E-state index in [-0.39, 0.29) is 29.0 Å². The fraction of sp³-hybridized carbons (Fsp3) is 0.375. The summed E-state index contributed by atoms with van der Waals surface area (Å²) < 4.78 is 32.4. The van der Waals surface area contributed by atoms with Crippen molar-refractivity contribution in [3.8, 4) is 23.0 Å². The first-order chi connectivity index (χ1) is 15.5. The zero-order valence-corrected chi connectivity index (χ0v) is 21.0. The lowest BCUT2D eigenvalue weighted by Crippen LogP contribution is -2.18. The average Bonchev–Trinajstić information content (AvgIpc) is 2.72. The quantitative estimate of drug-likeness (QED) is 0.440. The molecule has 3 aromatic rings. The summed E-state index contributed by atoms with van der Waals surface area (Å²) in [6.07, 6.45) is 2.17. The van der Waals surface area contributed by atoms with Crippen molar-refractivity contribution in [1.29, 1.82) is 0 Å². The lowest BCUT2D eigenvalue weighted by molar-refractivity contribution is 0.440. The molecule has 0 aliphatic carbocycles. The van der Waals surface area contributed by atoms with Crippen molar-refractivity contribution >= 4 is 21.4 Å². The van der Waals surface area contributed by atoms with Gasteiger partial charge >= 0.3 is 6.01 Å². The van der Waals surface area contributed by atoms with Crippen LogP contribution < -0.4 is 10.3 Å². The van der Waals surface area contributed by atoms with Gasteiger partial charge in [0.2, 0.25) is 0 Å². The van der Waals surface area contributed by atoms with Gasteiger partial charge in [-0.25, -0.2) is 8.42 Å². The van der Waals surface area contributed by atoms with Gasteiger partial charge in [0.05, 0.1) is 27.9 Å². The predicted molar refractivity (Wildman–Crippen MR) is 131 cm³/mol. The topological polar surface area (TPSA) is 91.2 Å². The third kappa shape index (κ3) is 6.21. The first-order valence-corrected chi connectivity index (χ1v) is 12.9. The van der Waals surface area contributed by atoms with E-state index in [2.05, 4.69) is 23.8 Å². The van der Waals surface area contributed by atoms with Gasteiger partial charge in [0.1, 0.15) is 5.75 Å². The summed E-state index contributed by atoms with van der Waals surface area (Å²) in [6.45, 7) is 7.65. The summed E-state index contributed by atoms with van der Waals surface area (Å²) in [4.78, 5) is 21.0. The molecule has 0 aliphatic rings. The summed E-state index contributed by atoms with van der Waals surface area (Å²) in [7, 11) is -1.70. The second kappa shape index (κ2) is 10.1. The number of nitrogens with zero attached hydrogens (tertiary/aromatic N) is 3. The molecule has 0 saturated heterocycles. The largest absolute Gasteiger partial charge is 0.423 e. The molecule has 2 heterocycles. The number of aromatic nitrogens is 3. The number of halogens is 1. The Labute approximate surface area is 199 Å². The summed E-state index contributed by atoms with van der Waals surface area (Å²) in [5.41, 5.74) is 2.88. The van der Waals surface area contributed by atoms with Crippen molar-refractivity contribution in [2.75, 3.05) is 5.75 Å². The molecule has 3 rings (SSSR count). The lowest BCUT2D eigenvalue weighted by Gasteiger charge is -2.13. The van der Waals surface area contributed by atoms with Gasteiger partial charge < -0.3 is 9.30 Å². The van der Waals surface area contributed by atoms with Crippen LogP contribution in [0.4, 0.5) is 0 Å². The first-order valence-electron chi connectivity index (χ1n) is 10.7. The van der Waals surface area contributed by atoms with Crippen LogP contribution in [0.15, 0.2) is 41.3 Å². The maximum atomic E-state index is 12.5. The smallest absolute Gasteiger partial charge is 0.322 e. The number of sulfone groups is 1. The zero-order valence-electron chi connectivity index (χ0n) is 19.4. The molecule has 1 aromatic carbocycles. The molecule has 2 aromatic heterocycles. The molecule has 7 nitrogen and oxygen atoms in total. The van der Waals surface area contributed by atoms with Crippen LogP contribution in [0.2, 0.25) is 5.02 Å². The number of ether oxygens (including phenoxy) is 1. The molecule has 0 bridgehead atoms. The second-order valence-electron chi connectivity index (χ2n) is 8.39. The van der Waals surface area contributed by atoms with Gasteiger partial charge in [0, 0.05) is 24.4 Å². The number of benzene rings is 1. The Kier molecular flexibility index (Phi) is 7.59. The first kappa shape index (κ1) is 24.9. The highest BCUT2D eigenvalue weighted by atomic mass is 35.5. The lowest BCUT2D eigenvalue weighted by atomic mass is 10.0. The Morgan fingerprint density at radius 2 is 1.88 bits per heavy atom. The van der Waals surface area contributed by atoms with Gasteiger partial charge in [-0.2, -0.15) is 9.97 Å². The molecule has 176 valence electrons. The summed E-state index contributed by atoms with van der Waals surface area (Å²) >= 11 is 6.34. The van der Waals surface area contributed by atoms with E-state index in [1.807, 2.05) is 19.1 Å². The molecule has 0 spiro atoms. The van der Waals surface area contributed by atoms with Gasteiger partial charge in [0.25, 0.3) is 5.56 Å². The molecule has 0 saturated carbocycles. The fourth-order valence-corrected chi connectivity index (χ4v) is 4.94. The van der Waals surface area contributed by atoms with Crippen LogP contribution >= 0.6 is 11.6 Å². The Bertz CT molecular complexity index is 1310. The maximum Gasteiger partial charge on any atom is 0.322 e. The minimum Gasteiger partial charge on any atom is -0.423 e. The molecular formula is C24H28ClN3O4S. The van der Waals surface area contributed by atoms with Crippen LogP contribution in [0, 0.1) is 6.92 Å². The van der Waals surface area contributed by atoms with Crippen molar-refractivity contribution in [1.82, 2.24) is 14.5 Å². The average molecular weight is 490 g/mol. The van der Waals surface area contributed by atoms with E-state index >= 15 is 0 Å². The predicted octanol–water partition coefficient (Wildman–Crippen LogP) is 5.04. The molecule has 0 aliphatic heterocycles. The number of hydrogen-bond acceptors (Lipinski definition) is 6. The second-order valence-corrected chi connectivity index (χ2v) is 11.0. The van der Waals surface area contributed by atoms with E-state index < -0.39 is 9.84 Å². The van der Waals surface area contributed by atoms with Crippen LogP contribution in [-0.4, -0.2) is 28.7 Å². The third-order valence-electron chi connectivity index (χ3n) is 5.12. The summed E-state index contributed by atoms with van der Waals surface area (Å²) in [5.74, 6) is 0.472. The van der Waals surface area contributed by atoms with E-state index in [1.165, 1.54) is 4.57 Å². The SMILES string of the molecule is CCCS(=O)(=O)Cc1cc(-c2cc(C)c(=O)n(C)c2)nc(Oc2cc(C(C)C)ccc2Cl)n1. The molecule has 0 fully saturated rings. The van der Waals surface area contributed by atoms with Crippen LogP contribution in [-0.2, 0) is 22.6 Å². The highest BCUT2D eigenvalue weighted by molar-refractivity contribution is 7.90. The van der Waals surface area contributed by atoms with Crippen molar-refractivity contribution < 1.29 is 13.2 Å². The molecule has 0 N–H and O–H groups in total. The highest BCUT2D eigenvalue weighted by Gasteiger charge is 2.17. The molecule has 0 amide bonds. The van der Waals surface area contributed by atoms with Crippen LogP contribution in [0.3, 0.4) is 0 Å². The Morgan fingerprint density at radius 1 is 1.15 bits per heavy atom. The van der Waals surface area contributed by atoms with Crippen molar-refractivity contribution in [2.24, 2.45) is 7.05 Å². The van der Waals surface area contributed by atoms with Crippen LogP contribution in [0.1, 0.15) is 49.9 Å². The molecule has 0 atom stereocenters. The molecule has 0 unspecified atom stereocenters. The Morgan fingerprint density at radius 3 is 2.52 bits per heavy atom. The van der Waals surface area contributed by atoms with E-state index in [0.717, 1.165) is 5.56 Å². The van der Waals surface area contributed by atoms with E-state index in [0.29, 0.717) is 39.7 Å². The van der Waals surface area contributed by atoms with Gasteiger partial charge in [-0.05, 0) is 49.1 Å². The standard InChI is InChI=1S/C24H28ClN3O4S/c1-6-9-33(30,31)14-19-12-21(18-10-16(4)23(29)28(5)13-18)27-24(26-19)32-22-11-17(15(2)3)7-8-20(22)25/h7-8,10-13,15H,6,9,14H2,1-5H3. The van der Waals surface area contributed by atoms with Crippen LogP contribution in [0.25, 0.3) is 11.3 Å². The number of rotatable bonds is 8. The Hall–Kier alpha value is -2.71. The van der Waals surface area contributed by atoms with Gasteiger partial charge in [0.15, 0.2) is 9.84 Å². The zero-order chi connectivity index (χ0) is 24.3. The van der Waals surface area contributed by atoms with Crippen molar-refractivity contribution in [2.45, 2.75) is 45.8 Å². The minimum atomic E-state index is -3.35. The highest BCUT2D eigenvalue weighted by Crippen LogP contribution is 2.32. The van der Waals surface area contributed by atoms with Crippen molar-refractivity contribution in [3.63, 3.8) is 0 Å². The monoisotopic (exact) mass is 489 g/mol. The summed E-state index contributed by atoms with van der Waals surface area (Å²) in [5, 5.41) is 0.395. The molecule has 0 radical (unpaired) electrons. The van der Waals surface area contributed by atoms with Crippen molar-refractivity contribution in [3.05, 3.63) is 68.7 Å². The molecule has 9 heteroatoms. The fourth-order valence-electron chi connectivity index (χ4n) is 3.42. The van der Waals surface area contributed by atoms with E-state index in [9.17, 15) is 13.2 Å². The van der Waals surface area contributed by atoms with Crippen LogP contribution in [0.5, 0.6) is 11.8 Å². The third-order valence-corrected chi connectivity index (χ3v) is 7.20. The summed E-state index contributed by atoms with van der Waals surface area (Å²) in [6, 6.07) is 8.82. The van der Waals surface area contributed by atoms with E-state index in [1.54, 1.807) is 38.4 Å². The molecule has 33 heavy (non-hydrogen) atoms. The van der Waals surface area contributed by atoms with E-state index in [4.69, 9.17) is 16.3 Å². The normalized spacial score (nSPS) is 11.7. The molecular weight excluding hydrogens is 462 g/mol. The number of hydrogen-bond donors (Lipinski definition) is 0. The minimum absolute atomic E-state index is 0.0106. The number of aryl methyl sites for hydroxylation is 2. The maximum absolute atomic E-state index is 12.5. The number of pyridine rings is 1. The van der Waals surface area contributed by atoms with Gasteiger partial charge in [-0.1, -0.05) is 38.4 Å². The van der Waals surface area contributed by atoms with Gasteiger partial charge in [-0.3, -0.25) is 4.79 Å². The Balaban J connectivity index is 2.12. The van der Waals surface area contributed by atoms with Gasteiger partial charge in [-0.15, -0.1) is 0 Å².